The molecular weight excluding hydrogens is 336 g/mol. The average Bonchev–Trinajstić information content (AvgIpc) is 2.84. The Morgan fingerprint density at radius 2 is 2.20 bits per heavy atom. The van der Waals surface area contributed by atoms with Gasteiger partial charge in [-0.3, -0.25) is 0 Å². The fraction of sp³-hybridized carbons (Fsp3) is 0.400. The molecule has 1 aromatic heterocycles. The van der Waals surface area contributed by atoms with E-state index in [1.807, 2.05) is 24.6 Å². The summed E-state index contributed by atoms with van der Waals surface area (Å²) in [7, 11) is 0. The first-order chi connectivity index (χ1) is 9.70. The van der Waals surface area contributed by atoms with Crippen LogP contribution in [0.5, 0.6) is 5.75 Å². The second kappa shape index (κ2) is 7.76. The van der Waals surface area contributed by atoms with Crippen LogP contribution in [-0.4, -0.2) is 11.6 Å². The molecule has 0 atom stereocenters. The van der Waals surface area contributed by atoms with Crippen LogP contribution in [0.3, 0.4) is 0 Å². The minimum atomic E-state index is 0.753. The molecule has 0 aliphatic carbocycles. The van der Waals surface area contributed by atoms with Crippen molar-refractivity contribution >= 4 is 27.3 Å². The van der Waals surface area contributed by atoms with Crippen molar-refractivity contribution < 1.29 is 4.74 Å². The zero-order chi connectivity index (χ0) is 14.4. The first kappa shape index (κ1) is 15.5. The molecule has 2 aromatic rings. The van der Waals surface area contributed by atoms with Crippen LogP contribution in [0.25, 0.3) is 0 Å². The topological polar surface area (TPSA) is 34.1 Å². The van der Waals surface area contributed by atoms with Crippen LogP contribution in [0.15, 0.2) is 28.2 Å². The number of thiazole rings is 1. The molecule has 0 saturated heterocycles. The quantitative estimate of drug-likeness (QED) is 0.804. The summed E-state index contributed by atoms with van der Waals surface area (Å²) in [5, 5.41) is 3.46. The molecule has 1 N–H and O–H groups in total. The lowest BCUT2D eigenvalue weighted by Gasteiger charge is -2.12. The summed E-state index contributed by atoms with van der Waals surface area (Å²) in [6, 6.07) is 6.15. The molecule has 0 radical (unpaired) electrons. The maximum absolute atomic E-state index is 5.78. The van der Waals surface area contributed by atoms with Crippen LogP contribution in [0.2, 0.25) is 0 Å². The Morgan fingerprint density at radius 1 is 1.35 bits per heavy atom. The first-order valence-corrected chi connectivity index (χ1v) is 8.39. The maximum Gasteiger partial charge on any atom is 0.123 e. The molecular formula is C15H19BrN2OS. The molecule has 0 unspecified atom stereocenters. The van der Waals surface area contributed by atoms with Crippen molar-refractivity contribution in [2.24, 2.45) is 0 Å². The Hall–Kier alpha value is -0.910. The summed E-state index contributed by atoms with van der Waals surface area (Å²) < 4.78 is 6.86. The van der Waals surface area contributed by atoms with Gasteiger partial charge in [0.25, 0.3) is 0 Å². The van der Waals surface area contributed by atoms with E-state index in [4.69, 9.17) is 4.74 Å². The van der Waals surface area contributed by atoms with Crippen molar-refractivity contribution in [3.05, 3.63) is 44.3 Å². The van der Waals surface area contributed by atoms with E-state index >= 15 is 0 Å². The number of nitrogens with one attached hydrogen (secondary N) is 1. The molecule has 3 nitrogen and oxygen atoms in total. The standard InChI is InChI=1S/C15H19BrN2OS/c1-3-6-19-14-5-4-13(16)7-12(14)8-17-9-15-11(2)18-10-20-15/h4-5,7,10,17H,3,6,8-9H2,1-2H3. The number of ether oxygens (including phenoxy) is 1. The number of halogens is 1. The fourth-order valence-corrected chi connectivity index (χ4v) is 3.00. The summed E-state index contributed by atoms with van der Waals surface area (Å²) in [6.45, 7) is 6.54. The highest BCUT2D eigenvalue weighted by molar-refractivity contribution is 9.10. The third kappa shape index (κ3) is 4.30. The third-order valence-electron chi connectivity index (χ3n) is 2.93. The number of nitrogens with zero attached hydrogens (tertiary/aromatic N) is 1. The summed E-state index contributed by atoms with van der Waals surface area (Å²) in [4.78, 5) is 5.55. The highest BCUT2D eigenvalue weighted by atomic mass is 79.9. The van der Waals surface area contributed by atoms with Crippen LogP contribution in [0, 0.1) is 6.92 Å². The van der Waals surface area contributed by atoms with Gasteiger partial charge in [-0.05, 0) is 31.5 Å². The normalized spacial score (nSPS) is 10.8. The second-order valence-electron chi connectivity index (χ2n) is 4.57. The predicted molar refractivity (Wildman–Crippen MR) is 87.3 cm³/mol. The van der Waals surface area contributed by atoms with Gasteiger partial charge in [0.15, 0.2) is 0 Å². The molecule has 0 saturated carbocycles. The van der Waals surface area contributed by atoms with Crippen molar-refractivity contribution in [3.63, 3.8) is 0 Å². The molecule has 0 aliphatic rings. The molecule has 0 spiro atoms. The van der Waals surface area contributed by atoms with Gasteiger partial charge in [0, 0.05) is 28.0 Å². The summed E-state index contributed by atoms with van der Waals surface area (Å²) in [6.07, 6.45) is 1.02. The van der Waals surface area contributed by atoms with Crippen molar-refractivity contribution in [3.8, 4) is 5.75 Å². The number of aryl methyl sites for hydroxylation is 1. The number of benzene rings is 1. The molecule has 0 aliphatic heterocycles. The average molecular weight is 355 g/mol. The third-order valence-corrected chi connectivity index (χ3v) is 4.36. The molecule has 0 amide bonds. The highest BCUT2D eigenvalue weighted by Crippen LogP contribution is 2.23. The number of hydrogen-bond donors (Lipinski definition) is 1. The van der Waals surface area contributed by atoms with Gasteiger partial charge in [-0.1, -0.05) is 22.9 Å². The lowest BCUT2D eigenvalue weighted by Crippen LogP contribution is -2.13. The number of hydrogen-bond acceptors (Lipinski definition) is 4. The minimum Gasteiger partial charge on any atom is -0.493 e. The Kier molecular flexibility index (Phi) is 6.01. The van der Waals surface area contributed by atoms with E-state index in [1.54, 1.807) is 11.3 Å². The molecule has 1 heterocycles. The largest absolute Gasteiger partial charge is 0.493 e. The van der Waals surface area contributed by atoms with Gasteiger partial charge in [0.2, 0.25) is 0 Å². The summed E-state index contributed by atoms with van der Waals surface area (Å²) in [5.41, 5.74) is 4.18. The molecule has 108 valence electrons. The molecule has 0 bridgehead atoms. The van der Waals surface area contributed by atoms with E-state index in [0.717, 1.165) is 42.0 Å². The van der Waals surface area contributed by atoms with E-state index in [-0.39, 0.29) is 0 Å². The zero-order valence-corrected chi connectivity index (χ0v) is 14.2. The second-order valence-corrected chi connectivity index (χ2v) is 6.42. The maximum atomic E-state index is 5.78. The Bertz CT molecular complexity index is 557. The monoisotopic (exact) mass is 354 g/mol. The first-order valence-electron chi connectivity index (χ1n) is 6.71. The Morgan fingerprint density at radius 3 is 2.90 bits per heavy atom. The Labute approximate surface area is 132 Å². The molecule has 5 heteroatoms. The minimum absolute atomic E-state index is 0.753. The molecule has 2 rings (SSSR count). The van der Waals surface area contributed by atoms with E-state index in [1.165, 1.54) is 10.4 Å². The summed E-state index contributed by atoms with van der Waals surface area (Å²) in [5.74, 6) is 0.962. The predicted octanol–water partition coefficient (Wildman–Crippen LogP) is 4.29. The van der Waals surface area contributed by atoms with E-state index in [0.29, 0.717) is 0 Å². The number of rotatable bonds is 7. The molecule has 1 aromatic carbocycles. The van der Waals surface area contributed by atoms with Crippen molar-refractivity contribution in [1.29, 1.82) is 0 Å². The van der Waals surface area contributed by atoms with Crippen LogP contribution >= 0.6 is 27.3 Å². The van der Waals surface area contributed by atoms with Crippen LogP contribution < -0.4 is 10.1 Å². The van der Waals surface area contributed by atoms with Crippen molar-refractivity contribution in [2.75, 3.05) is 6.61 Å². The number of aromatic nitrogens is 1. The van der Waals surface area contributed by atoms with Gasteiger partial charge in [0.05, 0.1) is 17.8 Å². The SMILES string of the molecule is CCCOc1ccc(Br)cc1CNCc1scnc1C. The van der Waals surface area contributed by atoms with Gasteiger partial charge >= 0.3 is 0 Å². The lowest BCUT2D eigenvalue weighted by molar-refractivity contribution is 0.313. The molecule has 20 heavy (non-hydrogen) atoms. The van der Waals surface area contributed by atoms with Crippen molar-refractivity contribution in [2.45, 2.75) is 33.4 Å². The zero-order valence-electron chi connectivity index (χ0n) is 11.8. The highest BCUT2D eigenvalue weighted by Gasteiger charge is 2.06. The lowest BCUT2D eigenvalue weighted by atomic mass is 10.2. The van der Waals surface area contributed by atoms with Gasteiger partial charge in [-0.25, -0.2) is 4.98 Å². The van der Waals surface area contributed by atoms with Gasteiger partial charge in [-0.15, -0.1) is 11.3 Å². The van der Waals surface area contributed by atoms with Crippen LogP contribution in [-0.2, 0) is 13.1 Å². The smallest absolute Gasteiger partial charge is 0.123 e. The van der Waals surface area contributed by atoms with E-state index < -0.39 is 0 Å². The van der Waals surface area contributed by atoms with E-state index in [9.17, 15) is 0 Å². The van der Waals surface area contributed by atoms with Gasteiger partial charge in [0.1, 0.15) is 5.75 Å². The van der Waals surface area contributed by atoms with E-state index in [2.05, 4.69) is 39.2 Å². The van der Waals surface area contributed by atoms with Crippen LogP contribution in [0.4, 0.5) is 0 Å². The van der Waals surface area contributed by atoms with Crippen molar-refractivity contribution in [1.82, 2.24) is 10.3 Å². The fourth-order valence-electron chi connectivity index (χ4n) is 1.85. The Balaban J connectivity index is 1.97. The van der Waals surface area contributed by atoms with Gasteiger partial charge < -0.3 is 10.1 Å². The van der Waals surface area contributed by atoms with Crippen LogP contribution in [0.1, 0.15) is 29.5 Å². The summed E-state index contributed by atoms with van der Waals surface area (Å²) >= 11 is 5.21. The van der Waals surface area contributed by atoms with Gasteiger partial charge in [-0.2, -0.15) is 0 Å². The molecule has 0 fully saturated rings.